The number of benzene rings is 2. The number of fused-ring (bicyclic) bond motifs is 1. The van der Waals surface area contributed by atoms with Crippen molar-refractivity contribution in [2.45, 2.75) is 45.7 Å². The van der Waals surface area contributed by atoms with Crippen LogP contribution in [-0.2, 0) is 17.8 Å². The maximum Gasteiger partial charge on any atom is 0.223 e. The molecule has 3 heterocycles. The standard InChI is InChI=1S/C26H29N5O/c1-18-4-3-5-20(10-18)6-9-26(32)30-16-21(11-19(30)2)17-31-25-8-7-22(12-23(25)15-29-31)24-13-27-28-14-24/h3-5,7-8,10,12-15,19,21H,6,9,11,16-17H2,1-2H3,(H,27,28)/t19-,21-/m0/s1. The minimum atomic E-state index is 0.261. The maximum absolute atomic E-state index is 12.9. The highest BCUT2D eigenvalue weighted by Crippen LogP contribution is 2.28. The Morgan fingerprint density at radius 1 is 1.16 bits per heavy atom. The molecule has 32 heavy (non-hydrogen) atoms. The monoisotopic (exact) mass is 427 g/mol. The van der Waals surface area contributed by atoms with Crippen molar-refractivity contribution in [2.75, 3.05) is 6.54 Å². The zero-order chi connectivity index (χ0) is 22.1. The Bertz CT molecular complexity index is 1230. The van der Waals surface area contributed by atoms with Crippen LogP contribution >= 0.6 is 0 Å². The van der Waals surface area contributed by atoms with Gasteiger partial charge in [0.05, 0.1) is 17.9 Å². The molecule has 1 aliphatic heterocycles. The van der Waals surface area contributed by atoms with Crippen LogP contribution in [0.25, 0.3) is 22.0 Å². The van der Waals surface area contributed by atoms with Crippen LogP contribution in [-0.4, -0.2) is 43.4 Å². The number of H-pyrrole nitrogens is 1. The summed E-state index contributed by atoms with van der Waals surface area (Å²) in [5, 5.41) is 12.7. The quantitative estimate of drug-likeness (QED) is 0.489. The van der Waals surface area contributed by atoms with E-state index in [0.717, 1.165) is 48.0 Å². The number of likely N-dealkylation sites (tertiary alicyclic amines) is 1. The molecule has 1 fully saturated rings. The Balaban J connectivity index is 1.23. The Morgan fingerprint density at radius 3 is 2.88 bits per heavy atom. The van der Waals surface area contributed by atoms with Crippen molar-refractivity contribution >= 4 is 16.8 Å². The van der Waals surface area contributed by atoms with E-state index in [1.807, 2.05) is 18.6 Å². The van der Waals surface area contributed by atoms with E-state index in [1.165, 1.54) is 11.1 Å². The summed E-state index contributed by atoms with van der Waals surface area (Å²) in [7, 11) is 0. The number of aryl methyl sites for hydroxylation is 2. The van der Waals surface area contributed by atoms with E-state index < -0.39 is 0 Å². The molecule has 2 atom stereocenters. The van der Waals surface area contributed by atoms with Crippen LogP contribution in [0.15, 0.2) is 61.1 Å². The molecule has 0 radical (unpaired) electrons. The fourth-order valence-corrected chi connectivity index (χ4v) is 4.95. The number of hydrogen-bond donors (Lipinski definition) is 1. The van der Waals surface area contributed by atoms with Gasteiger partial charge in [-0.25, -0.2) is 0 Å². The van der Waals surface area contributed by atoms with Crippen molar-refractivity contribution in [3.8, 4) is 11.1 Å². The highest BCUT2D eigenvalue weighted by molar-refractivity contribution is 5.84. The molecule has 1 amide bonds. The van der Waals surface area contributed by atoms with E-state index in [-0.39, 0.29) is 11.9 Å². The first-order valence-corrected chi connectivity index (χ1v) is 11.4. The molecule has 2 aromatic heterocycles. The molecule has 164 valence electrons. The molecule has 6 nitrogen and oxygen atoms in total. The summed E-state index contributed by atoms with van der Waals surface area (Å²) in [6.07, 6.45) is 8.05. The Kier molecular flexibility index (Phi) is 5.52. The van der Waals surface area contributed by atoms with Gasteiger partial charge in [0.15, 0.2) is 0 Å². The van der Waals surface area contributed by atoms with Crippen LogP contribution in [0, 0.1) is 12.8 Å². The molecule has 0 unspecified atom stereocenters. The first-order valence-electron chi connectivity index (χ1n) is 11.4. The summed E-state index contributed by atoms with van der Waals surface area (Å²) >= 11 is 0. The second kappa shape index (κ2) is 8.61. The van der Waals surface area contributed by atoms with Gasteiger partial charge in [-0.1, -0.05) is 35.9 Å². The summed E-state index contributed by atoms with van der Waals surface area (Å²) in [5.74, 6) is 0.682. The lowest BCUT2D eigenvalue weighted by Gasteiger charge is -2.21. The zero-order valence-corrected chi connectivity index (χ0v) is 18.7. The van der Waals surface area contributed by atoms with Crippen molar-refractivity contribution in [1.29, 1.82) is 0 Å². The Morgan fingerprint density at radius 2 is 2.06 bits per heavy atom. The van der Waals surface area contributed by atoms with Crippen LogP contribution in [0.5, 0.6) is 0 Å². The Hall–Kier alpha value is -3.41. The van der Waals surface area contributed by atoms with Gasteiger partial charge in [0, 0.05) is 42.7 Å². The number of hydrogen-bond acceptors (Lipinski definition) is 3. The minimum absolute atomic E-state index is 0.261. The Labute approximate surface area is 188 Å². The van der Waals surface area contributed by atoms with Gasteiger partial charge in [0.25, 0.3) is 0 Å². The highest BCUT2D eigenvalue weighted by atomic mass is 16.2. The molecule has 4 aromatic rings. The van der Waals surface area contributed by atoms with Crippen LogP contribution in [0.4, 0.5) is 0 Å². The van der Waals surface area contributed by atoms with Gasteiger partial charge >= 0.3 is 0 Å². The van der Waals surface area contributed by atoms with Crippen molar-refractivity contribution in [2.24, 2.45) is 5.92 Å². The van der Waals surface area contributed by atoms with Gasteiger partial charge in [-0.3, -0.25) is 14.6 Å². The molecular formula is C26H29N5O. The molecule has 2 aromatic carbocycles. The third-order valence-electron chi connectivity index (χ3n) is 6.60. The predicted molar refractivity (Wildman–Crippen MR) is 126 cm³/mol. The summed E-state index contributed by atoms with van der Waals surface area (Å²) in [6.45, 7) is 5.90. The van der Waals surface area contributed by atoms with Crippen LogP contribution in [0.3, 0.4) is 0 Å². The molecule has 1 aliphatic rings. The fourth-order valence-electron chi connectivity index (χ4n) is 4.95. The van der Waals surface area contributed by atoms with E-state index in [1.54, 1.807) is 0 Å². The number of carbonyl (C=O) groups excluding carboxylic acids is 1. The molecule has 1 N–H and O–H groups in total. The average Bonchev–Trinajstić information content (AvgIpc) is 3.53. The number of rotatable bonds is 6. The number of nitrogens with one attached hydrogen (secondary N) is 1. The summed E-state index contributed by atoms with van der Waals surface area (Å²) in [5.41, 5.74) is 5.82. The van der Waals surface area contributed by atoms with Crippen LogP contribution < -0.4 is 0 Å². The van der Waals surface area contributed by atoms with E-state index in [0.29, 0.717) is 12.3 Å². The molecule has 6 heteroatoms. The van der Waals surface area contributed by atoms with Gasteiger partial charge in [-0.05, 0) is 55.9 Å². The summed E-state index contributed by atoms with van der Waals surface area (Å²) in [6, 6.07) is 15.1. The van der Waals surface area contributed by atoms with Gasteiger partial charge in [-0.15, -0.1) is 0 Å². The molecule has 1 saturated heterocycles. The van der Waals surface area contributed by atoms with Crippen LogP contribution in [0.2, 0.25) is 0 Å². The SMILES string of the molecule is Cc1cccc(CCC(=O)N2C[C@@H](Cn3ncc4cc(-c5cn[nH]c5)ccc43)C[C@@H]2C)c1. The van der Waals surface area contributed by atoms with Gasteiger partial charge in [0.2, 0.25) is 5.91 Å². The second-order valence-corrected chi connectivity index (χ2v) is 9.07. The first-order chi connectivity index (χ1) is 15.6. The number of nitrogens with zero attached hydrogens (tertiary/aromatic N) is 4. The van der Waals surface area contributed by atoms with E-state index in [2.05, 4.69) is 81.2 Å². The topological polar surface area (TPSA) is 66.8 Å². The van der Waals surface area contributed by atoms with Gasteiger partial charge < -0.3 is 4.90 Å². The second-order valence-electron chi connectivity index (χ2n) is 9.07. The van der Waals surface area contributed by atoms with E-state index in [9.17, 15) is 4.79 Å². The maximum atomic E-state index is 12.9. The number of amides is 1. The molecule has 0 bridgehead atoms. The van der Waals surface area contributed by atoms with E-state index >= 15 is 0 Å². The van der Waals surface area contributed by atoms with Crippen molar-refractivity contribution < 1.29 is 4.79 Å². The van der Waals surface area contributed by atoms with Gasteiger partial charge in [-0.2, -0.15) is 10.2 Å². The largest absolute Gasteiger partial charge is 0.340 e. The molecule has 5 rings (SSSR count). The van der Waals surface area contributed by atoms with E-state index in [4.69, 9.17) is 0 Å². The third kappa shape index (κ3) is 4.17. The number of carbonyl (C=O) groups is 1. The molecule has 0 saturated carbocycles. The molecule has 0 spiro atoms. The lowest BCUT2D eigenvalue weighted by atomic mass is 10.1. The molecular weight excluding hydrogens is 398 g/mol. The smallest absolute Gasteiger partial charge is 0.223 e. The lowest BCUT2D eigenvalue weighted by Crippen LogP contribution is -2.34. The minimum Gasteiger partial charge on any atom is -0.340 e. The number of aromatic nitrogens is 4. The lowest BCUT2D eigenvalue weighted by molar-refractivity contribution is -0.131. The third-order valence-corrected chi connectivity index (χ3v) is 6.60. The van der Waals surface area contributed by atoms with Gasteiger partial charge in [0.1, 0.15) is 0 Å². The molecule has 0 aliphatic carbocycles. The van der Waals surface area contributed by atoms with Crippen LogP contribution in [0.1, 0.15) is 30.9 Å². The average molecular weight is 428 g/mol. The van der Waals surface area contributed by atoms with Crippen molar-refractivity contribution in [3.05, 3.63) is 72.2 Å². The van der Waals surface area contributed by atoms with Crippen molar-refractivity contribution in [3.63, 3.8) is 0 Å². The summed E-state index contributed by atoms with van der Waals surface area (Å²) in [4.78, 5) is 15.0. The zero-order valence-electron chi connectivity index (χ0n) is 18.7. The highest BCUT2D eigenvalue weighted by Gasteiger charge is 2.32. The summed E-state index contributed by atoms with van der Waals surface area (Å²) < 4.78 is 2.09. The first kappa shape index (κ1) is 20.5. The normalized spacial score (nSPS) is 18.5. The number of aromatic amines is 1. The van der Waals surface area contributed by atoms with Crippen molar-refractivity contribution in [1.82, 2.24) is 24.9 Å². The predicted octanol–water partition coefficient (Wildman–Crippen LogP) is 4.60. The fraction of sp³-hybridized carbons (Fsp3) is 0.346.